The molecule has 0 fully saturated rings. The van der Waals surface area contributed by atoms with Crippen LogP contribution in [0.15, 0.2) is 27.1 Å². The Morgan fingerprint density at radius 2 is 2.33 bits per heavy atom. The number of aromatic nitrogens is 1. The zero-order valence-electron chi connectivity index (χ0n) is 11.7. The third-order valence-corrected chi connectivity index (χ3v) is 4.59. The van der Waals surface area contributed by atoms with E-state index in [-0.39, 0.29) is 0 Å². The summed E-state index contributed by atoms with van der Waals surface area (Å²) < 4.78 is 7.88. The predicted molar refractivity (Wildman–Crippen MR) is 101 cm³/mol. The topological polar surface area (TPSA) is 46.5 Å². The lowest BCUT2D eigenvalue weighted by Gasteiger charge is -2.11. The Balaban J connectivity index is 2.17. The van der Waals surface area contributed by atoms with Crippen LogP contribution >= 0.6 is 49.9 Å². The van der Waals surface area contributed by atoms with Gasteiger partial charge < -0.3 is 4.74 Å². The molecule has 1 N–H and O–H groups in total. The summed E-state index contributed by atoms with van der Waals surface area (Å²) in [5.41, 5.74) is 4.86. The van der Waals surface area contributed by atoms with Crippen molar-refractivity contribution in [2.24, 2.45) is 5.10 Å². The molecule has 112 valence electrons. The van der Waals surface area contributed by atoms with Gasteiger partial charge in [-0.05, 0) is 48.1 Å². The van der Waals surface area contributed by atoms with Crippen LogP contribution in [0.2, 0.25) is 0 Å². The summed E-state index contributed by atoms with van der Waals surface area (Å²) in [4.78, 5) is 4.30. The van der Waals surface area contributed by atoms with Crippen LogP contribution in [0.4, 0.5) is 5.13 Å². The van der Waals surface area contributed by atoms with Gasteiger partial charge in [-0.25, -0.2) is 4.98 Å². The molecule has 0 spiro atoms. The monoisotopic (exact) mass is 479 g/mol. The quantitative estimate of drug-likeness (QED) is 0.358. The van der Waals surface area contributed by atoms with Gasteiger partial charge in [0.2, 0.25) is 5.13 Å². The highest BCUT2D eigenvalue weighted by Crippen LogP contribution is 2.29. The van der Waals surface area contributed by atoms with Crippen molar-refractivity contribution in [3.05, 3.63) is 36.8 Å². The van der Waals surface area contributed by atoms with Crippen LogP contribution in [-0.4, -0.2) is 17.8 Å². The molecule has 0 bridgehead atoms. The van der Waals surface area contributed by atoms with Crippen molar-refractivity contribution in [2.75, 3.05) is 12.0 Å². The lowest BCUT2D eigenvalue weighted by Crippen LogP contribution is -2.01. The number of hydrogen-bond acceptors (Lipinski definition) is 5. The van der Waals surface area contributed by atoms with Crippen LogP contribution in [0.5, 0.6) is 5.75 Å². The fourth-order valence-electron chi connectivity index (χ4n) is 1.59. The average Bonchev–Trinajstić information content (AvgIpc) is 2.83. The van der Waals surface area contributed by atoms with E-state index >= 15 is 0 Å². The number of benzene rings is 1. The number of thiazole rings is 1. The van der Waals surface area contributed by atoms with Crippen molar-refractivity contribution in [3.63, 3.8) is 0 Å². The maximum atomic E-state index is 5.82. The van der Waals surface area contributed by atoms with Crippen LogP contribution in [-0.2, 0) is 0 Å². The van der Waals surface area contributed by atoms with E-state index in [9.17, 15) is 0 Å². The largest absolute Gasteiger partial charge is 0.492 e. The number of nitrogens with zero attached hydrogens (tertiary/aromatic N) is 2. The van der Waals surface area contributed by atoms with Gasteiger partial charge >= 0.3 is 0 Å². The van der Waals surface area contributed by atoms with Crippen molar-refractivity contribution < 1.29 is 4.74 Å². The molecule has 2 aromatic rings. The van der Waals surface area contributed by atoms with Crippen LogP contribution in [0, 0.1) is 10.5 Å². The van der Waals surface area contributed by atoms with Gasteiger partial charge in [-0.2, -0.15) is 5.10 Å². The first-order valence-corrected chi connectivity index (χ1v) is 9.18. The van der Waals surface area contributed by atoms with Crippen molar-refractivity contribution in [1.29, 1.82) is 0 Å². The lowest BCUT2D eigenvalue weighted by atomic mass is 10.2. The van der Waals surface area contributed by atoms with Crippen molar-refractivity contribution in [3.8, 4) is 5.75 Å². The summed E-state index contributed by atoms with van der Waals surface area (Å²) in [7, 11) is 0. The smallest absolute Gasteiger partial charge is 0.203 e. The molecule has 0 saturated carbocycles. The van der Waals surface area contributed by atoms with Crippen molar-refractivity contribution in [1.82, 2.24) is 4.98 Å². The van der Waals surface area contributed by atoms with Crippen molar-refractivity contribution >= 4 is 61.2 Å². The number of aryl methyl sites for hydroxylation is 1. The predicted octanol–water partition coefficient (Wildman–Crippen LogP) is 5.05. The van der Waals surface area contributed by atoms with Crippen LogP contribution < -0.4 is 10.2 Å². The van der Waals surface area contributed by atoms with E-state index < -0.39 is 0 Å². The SMILES string of the molecule is CCCOc1c(I)cc(Br)cc1C=NNc1nc(C)cs1. The molecule has 7 heteroatoms. The molecule has 0 radical (unpaired) electrons. The molecule has 1 aromatic heterocycles. The van der Waals surface area contributed by atoms with E-state index in [0.29, 0.717) is 6.61 Å². The molecule has 4 nitrogen and oxygen atoms in total. The normalized spacial score (nSPS) is 11.0. The van der Waals surface area contributed by atoms with Crippen LogP contribution in [0.3, 0.4) is 0 Å². The molecule has 21 heavy (non-hydrogen) atoms. The Labute approximate surface area is 150 Å². The molecule has 0 amide bonds. The first kappa shape index (κ1) is 16.7. The van der Waals surface area contributed by atoms with Crippen molar-refractivity contribution in [2.45, 2.75) is 20.3 Å². The Bertz CT molecular complexity index is 645. The van der Waals surface area contributed by atoms with Crippen LogP contribution in [0.25, 0.3) is 0 Å². The summed E-state index contributed by atoms with van der Waals surface area (Å²) in [5, 5.41) is 7.01. The Morgan fingerprint density at radius 3 is 3.00 bits per heavy atom. The Kier molecular flexibility index (Phi) is 6.43. The summed E-state index contributed by atoms with van der Waals surface area (Å²) in [6, 6.07) is 4.02. The number of ether oxygens (including phenoxy) is 1. The molecule has 2 rings (SSSR count). The second-order valence-electron chi connectivity index (χ2n) is 4.32. The number of nitrogens with one attached hydrogen (secondary N) is 1. The molecular weight excluding hydrogens is 465 g/mol. The fourth-order valence-corrected chi connectivity index (χ4v) is 3.94. The summed E-state index contributed by atoms with van der Waals surface area (Å²) in [6.45, 7) is 4.74. The molecule has 0 aliphatic carbocycles. The van der Waals surface area contributed by atoms with E-state index in [2.05, 4.69) is 61.0 Å². The molecule has 0 atom stereocenters. The highest BCUT2D eigenvalue weighted by molar-refractivity contribution is 14.1. The number of halogens is 2. The van der Waals surface area contributed by atoms with Gasteiger partial charge in [0.25, 0.3) is 0 Å². The summed E-state index contributed by atoms with van der Waals surface area (Å²) in [5.74, 6) is 0.863. The minimum absolute atomic E-state index is 0.692. The Morgan fingerprint density at radius 1 is 1.52 bits per heavy atom. The average molecular weight is 480 g/mol. The third-order valence-electron chi connectivity index (χ3n) is 2.47. The molecule has 0 aliphatic rings. The van der Waals surface area contributed by atoms with E-state index in [4.69, 9.17) is 4.74 Å². The number of anilines is 1. The van der Waals surface area contributed by atoms with Gasteiger partial charge in [-0.15, -0.1) is 11.3 Å². The minimum atomic E-state index is 0.692. The standard InChI is InChI=1S/C14H15BrIN3OS/c1-3-4-20-13-10(5-11(15)6-12(13)16)7-17-19-14-18-9(2)8-21-14/h5-8H,3-4H2,1-2H3,(H,18,19). The summed E-state index contributed by atoms with van der Waals surface area (Å²) >= 11 is 7.30. The van der Waals surface area contributed by atoms with E-state index in [1.165, 1.54) is 11.3 Å². The van der Waals surface area contributed by atoms with E-state index in [1.807, 2.05) is 24.4 Å². The van der Waals surface area contributed by atoms with Gasteiger partial charge in [0.05, 0.1) is 22.1 Å². The molecule has 0 unspecified atom stereocenters. The van der Waals surface area contributed by atoms with Gasteiger partial charge in [0.15, 0.2) is 0 Å². The lowest BCUT2D eigenvalue weighted by molar-refractivity contribution is 0.315. The molecule has 1 heterocycles. The van der Waals surface area contributed by atoms with Crippen LogP contribution in [0.1, 0.15) is 24.6 Å². The highest BCUT2D eigenvalue weighted by Gasteiger charge is 2.08. The van der Waals surface area contributed by atoms with Gasteiger partial charge in [-0.3, -0.25) is 5.43 Å². The number of hydrogen-bond donors (Lipinski definition) is 1. The zero-order valence-corrected chi connectivity index (χ0v) is 16.3. The van der Waals surface area contributed by atoms with Gasteiger partial charge in [0.1, 0.15) is 5.75 Å². The Hall–Kier alpha value is -0.670. The molecule has 0 aliphatic heterocycles. The third kappa shape index (κ3) is 4.93. The van der Waals surface area contributed by atoms with E-state index in [1.54, 1.807) is 6.21 Å². The first-order valence-electron chi connectivity index (χ1n) is 6.43. The highest BCUT2D eigenvalue weighted by atomic mass is 127. The minimum Gasteiger partial charge on any atom is -0.492 e. The second-order valence-corrected chi connectivity index (χ2v) is 7.25. The van der Waals surface area contributed by atoms with Gasteiger partial charge in [-0.1, -0.05) is 22.9 Å². The maximum Gasteiger partial charge on any atom is 0.203 e. The zero-order chi connectivity index (χ0) is 15.2. The number of hydrazone groups is 1. The maximum absolute atomic E-state index is 5.82. The molecular formula is C14H15BrIN3OS. The summed E-state index contributed by atoms with van der Waals surface area (Å²) in [6.07, 6.45) is 2.73. The fraction of sp³-hybridized carbons (Fsp3) is 0.286. The second kappa shape index (κ2) is 8.09. The molecule has 0 saturated heterocycles. The molecule has 1 aromatic carbocycles. The van der Waals surface area contributed by atoms with Gasteiger partial charge in [0, 0.05) is 15.4 Å². The first-order chi connectivity index (χ1) is 10.1. The number of rotatable bonds is 6. The van der Waals surface area contributed by atoms with E-state index in [0.717, 1.165) is 36.6 Å².